The molecule has 0 radical (unpaired) electrons. The number of rotatable bonds is 0. The summed E-state index contributed by atoms with van der Waals surface area (Å²) >= 11 is 0. The van der Waals surface area contributed by atoms with Crippen molar-refractivity contribution in [3.63, 3.8) is 0 Å². The van der Waals surface area contributed by atoms with Gasteiger partial charge in [-0.25, -0.2) is 0 Å². The third kappa shape index (κ3) is 1.49. The first-order valence-electron chi connectivity index (χ1n) is 2.82. The molecule has 4 heteroatoms. The highest BCUT2D eigenvalue weighted by atomic mass is 16.3. The highest BCUT2D eigenvalue weighted by Crippen LogP contribution is 2.18. The molecule has 0 saturated heterocycles. The van der Waals surface area contributed by atoms with Gasteiger partial charge in [0, 0.05) is 12.2 Å². The minimum absolute atomic E-state index is 0.0585. The van der Waals surface area contributed by atoms with Crippen LogP contribution in [-0.2, 0) is 0 Å². The topological polar surface area (TPSA) is 86.7 Å². The van der Waals surface area contributed by atoms with Gasteiger partial charge in [-0.05, 0) is 0 Å². The van der Waals surface area contributed by atoms with E-state index in [2.05, 4.69) is 0 Å². The fraction of sp³-hybridized carbons (Fsp3) is 0.333. The van der Waals surface area contributed by atoms with Crippen LogP contribution in [0.15, 0.2) is 23.7 Å². The summed E-state index contributed by atoms with van der Waals surface area (Å²) < 4.78 is 0. The maximum atomic E-state index is 9.06. The van der Waals surface area contributed by atoms with Crippen molar-refractivity contribution in [1.82, 2.24) is 0 Å². The third-order valence-electron chi connectivity index (χ3n) is 1.18. The number of allylic oxidation sites excluding steroid dienone is 1. The number of aliphatic hydroxyl groups is 3. The molecule has 0 amide bonds. The minimum Gasteiger partial charge on any atom is -0.512 e. The van der Waals surface area contributed by atoms with Gasteiger partial charge in [0.2, 0.25) is 0 Å². The van der Waals surface area contributed by atoms with Gasteiger partial charge in [0.15, 0.2) is 0 Å². The second-order valence-electron chi connectivity index (χ2n) is 2.37. The summed E-state index contributed by atoms with van der Waals surface area (Å²) in [5.41, 5.74) is 3.57. The first-order valence-corrected chi connectivity index (χ1v) is 2.82. The summed E-state index contributed by atoms with van der Waals surface area (Å²) in [5, 5.41) is 26.7. The highest BCUT2D eigenvalue weighted by Gasteiger charge is 2.24. The number of hydrogen-bond acceptors (Lipinski definition) is 4. The van der Waals surface area contributed by atoms with Crippen LogP contribution in [0.1, 0.15) is 6.42 Å². The lowest BCUT2D eigenvalue weighted by molar-refractivity contribution is 0.0792. The Morgan fingerprint density at radius 3 is 2.50 bits per heavy atom. The maximum Gasteiger partial charge on any atom is 0.143 e. The predicted octanol–water partition coefficient (Wildman–Crippen LogP) is -0.0788. The molecule has 0 aliphatic heterocycles. The minimum atomic E-state index is -1.61. The average Bonchev–Trinajstić information content (AvgIpc) is 1.54. The van der Waals surface area contributed by atoms with E-state index in [4.69, 9.17) is 21.1 Å². The van der Waals surface area contributed by atoms with Crippen molar-refractivity contribution < 1.29 is 15.3 Å². The van der Waals surface area contributed by atoms with Gasteiger partial charge in [0.1, 0.15) is 17.2 Å². The molecule has 0 bridgehead atoms. The fourth-order valence-electron chi connectivity index (χ4n) is 0.861. The second kappa shape index (κ2) is 2.00. The molecular weight excluding hydrogens is 134 g/mol. The van der Waals surface area contributed by atoms with Crippen molar-refractivity contribution >= 4 is 0 Å². The van der Waals surface area contributed by atoms with Crippen molar-refractivity contribution in [2.24, 2.45) is 5.73 Å². The van der Waals surface area contributed by atoms with Gasteiger partial charge in [-0.2, -0.15) is 0 Å². The fourth-order valence-corrected chi connectivity index (χ4v) is 0.861. The SMILES string of the molecule is NC1(O)C=C(O)C=C(O)C1. The molecule has 4 nitrogen and oxygen atoms in total. The van der Waals surface area contributed by atoms with E-state index < -0.39 is 5.72 Å². The van der Waals surface area contributed by atoms with Gasteiger partial charge in [-0.15, -0.1) is 0 Å². The van der Waals surface area contributed by atoms with E-state index in [-0.39, 0.29) is 17.9 Å². The zero-order valence-electron chi connectivity index (χ0n) is 5.28. The van der Waals surface area contributed by atoms with Crippen molar-refractivity contribution in [2.75, 3.05) is 0 Å². The van der Waals surface area contributed by atoms with Crippen LogP contribution in [0.3, 0.4) is 0 Å². The van der Waals surface area contributed by atoms with E-state index in [0.29, 0.717) is 0 Å². The van der Waals surface area contributed by atoms with Crippen LogP contribution in [0.5, 0.6) is 0 Å². The largest absolute Gasteiger partial charge is 0.512 e. The molecule has 0 aromatic heterocycles. The van der Waals surface area contributed by atoms with E-state index in [1.54, 1.807) is 0 Å². The van der Waals surface area contributed by atoms with Crippen LogP contribution in [0.2, 0.25) is 0 Å². The Morgan fingerprint density at radius 1 is 1.50 bits per heavy atom. The zero-order chi connectivity index (χ0) is 7.78. The van der Waals surface area contributed by atoms with Gasteiger partial charge < -0.3 is 15.3 Å². The third-order valence-corrected chi connectivity index (χ3v) is 1.18. The molecule has 1 unspecified atom stereocenters. The summed E-state index contributed by atoms with van der Waals surface area (Å²) in [4.78, 5) is 0. The van der Waals surface area contributed by atoms with Crippen molar-refractivity contribution in [3.05, 3.63) is 23.7 Å². The van der Waals surface area contributed by atoms with Gasteiger partial charge in [0.05, 0.1) is 6.42 Å². The molecule has 10 heavy (non-hydrogen) atoms. The molecule has 1 aliphatic rings. The number of hydrogen-bond donors (Lipinski definition) is 4. The summed E-state index contributed by atoms with van der Waals surface area (Å²) in [7, 11) is 0. The summed E-state index contributed by atoms with van der Waals surface area (Å²) in [5.74, 6) is -0.334. The van der Waals surface area contributed by atoms with E-state index in [1.165, 1.54) is 0 Å². The Morgan fingerprint density at radius 2 is 2.10 bits per heavy atom. The van der Waals surface area contributed by atoms with E-state index in [1.807, 2.05) is 0 Å². The molecular formula is C6H9NO3. The van der Waals surface area contributed by atoms with Crippen molar-refractivity contribution in [1.29, 1.82) is 0 Å². The smallest absolute Gasteiger partial charge is 0.143 e. The van der Waals surface area contributed by atoms with Gasteiger partial charge in [0.25, 0.3) is 0 Å². The standard InChI is InChI=1S/C6H9NO3/c7-6(10)2-4(8)1-5(9)3-6/h1-2,8-10H,3,7H2. The monoisotopic (exact) mass is 143 g/mol. The van der Waals surface area contributed by atoms with E-state index in [0.717, 1.165) is 12.2 Å². The molecule has 1 aliphatic carbocycles. The zero-order valence-corrected chi connectivity index (χ0v) is 5.28. The van der Waals surface area contributed by atoms with Crippen molar-refractivity contribution in [3.8, 4) is 0 Å². The molecule has 0 fully saturated rings. The molecule has 0 aromatic carbocycles. The Hall–Kier alpha value is -1.00. The Kier molecular flexibility index (Phi) is 1.42. The Bertz CT molecular complexity index is 205. The maximum absolute atomic E-state index is 9.06. The second-order valence-corrected chi connectivity index (χ2v) is 2.37. The lowest BCUT2D eigenvalue weighted by atomic mass is 10.0. The lowest BCUT2D eigenvalue weighted by Gasteiger charge is -2.21. The number of nitrogens with two attached hydrogens (primary N) is 1. The van der Waals surface area contributed by atoms with Gasteiger partial charge in [-0.3, -0.25) is 5.73 Å². The quantitative estimate of drug-likeness (QED) is 0.357. The molecule has 0 aromatic rings. The summed E-state index contributed by atoms with van der Waals surface area (Å²) in [6, 6.07) is 0. The summed E-state index contributed by atoms with van der Waals surface area (Å²) in [6.45, 7) is 0. The first kappa shape index (κ1) is 7.11. The van der Waals surface area contributed by atoms with Crippen LogP contribution >= 0.6 is 0 Å². The molecule has 56 valence electrons. The Balaban J connectivity index is 2.88. The van der Waals surface area contributed by atoms with Crippen LogP contribution in [-0.4, -0.2) is 21.0 Å². The molecule has 1 rings (SSSR count). The van der Waals surface area contributed by atoms with E-state index in [9.17, 15) is 0 Å². The summed E-state index contributed by atoms with van der Waals surface area (Å²) in [6.07, 6.45) is 2.16. The first-order chi connectivity index (χ1) is 4.49. The van der Waals surface area contributed by atoms with Crippen LogP contribution < -0.4 is 5.73 Å². The van der Waals surface area contributed by atoms with E-state index >= 15 is 0 Å². The highest BCUT2D eigenvalue weighted by molar-refractivity contribution is 5.24. The molecule has 0 spiro atoms. The van der Waals surface area contributed by atoms with Crippen LogP contribution in [0.4, 0.5) is 0 Å². The molecule has 0 heterocycles. The number of aliphatic hydroxyl groups excluding tert-OH is 2. The van der Waals surface area contributed by atoms with Crippen LogP contribution in [0, 0.1) is 0 Å². The lowest BCUT2D eigenvalue weighted by Crippen LogP contribution is -2.39. The molecule has 1 atom stereocenters. The van der Waals surface area contributed by atoms with Crippen LogP contribution in [0.25, 0.3) is 0 Å². The predicted molar refractivity (Wildman–Crippen MR) is 35.2 cm³/mol. The Labute approximate surface area is 57.9 Å². The average molecular weight is 143 g/mol. The normalized spacial score (nSPS) is 33.0. The molecule has 0 saturated carbocycles. The van der Waals surface area contributed by atoms with Gasteiger partial charge >= 0.3 is 0 Å². The molecule has 5 N–H and O–H groups in total. The van der Waals surface area contributed by atoms with Gasteiger partial charge in [-0.1, -0.05) is 0 Å². The van der Waals surface area contributed by atoms with Crippen molar-refractivity contribution in [2.45, 2.75) is 12.1 Å².